The van der Waals surface area contributed by atoms with E-state index in [-0.39, 0.29) is 5.91 Å². The number of carbonyl (C=O) groups excluding carboxylic acids is 1. The van der Waals surface area contributed by atoms with Gasteiger partial charge in [0.15, 0.2) is 0 Å². The zero-order valence-corrected chi connectivity index (χ0v) is 11.6. The van der Waals surface area contributed by atoms with E-state index in [1.165, 1.54) is 6.42 Å². The summed E-state index contributed by atoms with van der Waals surface area (Å²) in [6.45, 7) is 0.931. The SMILES string of the molecule is CN(C)c1cccc(C(=O)N2CC3CC2CS3)c1. The molecule has 2 aliphatic heterocycles. The number of nitrogens with zero attached hydrogens (tertiary/aromatic N) is 2. The van der Waals surface area contributed by atoms with Crippen molar-refractivity contribution in [3.8, 4) is 0 Å². The largest absolute Gasteiger partial charge is 0.378 e. The number of anilines is 1. The molecule has 0 aliphatic carbocycles. The number of hydrogen-bond donors (Lipinski definition) is 0. The van der Waals surface area contributed by atoms with Gasteiger partial charge in [0.2, 0.25) is 0 Å². The third-order valence-electron chi connectivity index (χ3n) is 3.77. The van der Waals surface area contributed by atoms with Crippen molar-refractivity contribution in [3.05, 3.63) is 29.8 Å². The van der Waals surface area contributed by atoms with E-state index in [0.29, 0.717) is 11.3 Å². The molecule has 3 nitrogen and oxygen atoms in total. The molecular formula is C14H18N2OS. The molecule has 1 amide bonds. The van der Waals surface area contributed by atoms with E-state index in [0.717, 1.165) is 23.5 Å². The predicted octanol–water partition coefficient (Wildman–Crippen LogP) is 2.08. The number of fused-ring (bicyclic) bond motifs is 2. The number of rotatable bonds is 2. The van der Waals surface area contributed by atoms with Crippen molar-refractivity contribution in [3.63, 3.8) is 0 Å². The Labute approximate surface area is 112 Å². The van der Waals surface area contributed by atoms with Crippen LogP contribution in [0, 0.1) is 0 Å². The van der Waals surface area contributed by atoms with Crippen molar-refractivity contribution in [1.82, 2.24) is 4.90 Å². The van der Waals surface area contributed by atoms with Gasteiger partial charge in [0, 0.05) is 48.9 Å². The van der Waals surface area contributed by atoms with Crippen LogP contribution in [0.1, 0.15) is 16.8 Å². The summed E-state index contributed by atoms with van der Waals surface area (Å²) in [6, 6.07) is 8.38. The highest BCUT2D eigenvalue weighted by Crippen LogP contribution is 2.38. The zero-order chi connectivity index (χ0) is 12.7. The number of amides is 1. The number of benzene rings is 1. The van der Waals surface area contributed by atoms with E-state index in [9.17, 15) is 4.79 Å². The summed E-state index contributed by atoms with van der Waals surface area (Å²) in [5.41, 5.74) is 1.90. The molecule has 18 heavy (non-hydrogen) atoms. The lowest BCUT2D eigenvalue weighted by Crippen LogP contribution is -2.39. The summed E-state index contributed by atoms with van der Waals surface area (Å²) in [5.74, 6) is 1.32. The van der Waals surface area contributed by atoms with Crippen LogP contribution in [0.5, 0.6) is 0 Å². The molecule has 2 atom stereocenters. The quantitative estimate of drug-likeness (QED) is 0.815. The Hall–Kier alpha value is -1.16. The molecule has 2 unspecified atom stereocenters. The Kier molecular flexibility index (Phi) is 2.98. The topological polar surface area (TPSA) is 23.6 Å². The molecule has 1 aromatic carbocycles. The van der Waals surface area contributed by atoms with Gasteiger partial charge in [0.25, 0.3) is 5.91 Å². The second kappa shape index (κ2) is 4.50. The van der Waals surface area contributed by atoms with Gasteiger partial charge < -0.3 is 9.80 Å². The van der Waals surface area contributed by atoms with E-state index in [1.807, 2.05) is 55.0 Å². The maximum atomic E-state index is 12.5. The molecule has 0 radical (unpaired) electrons. The van der Waals surface area contributed by atoms with Gasteiger partial charge in [-0.25, -0.2) is 0 Å². The Bertz CT molecular complexity index is 475. The minimum absolute atomic E-state index is 0.200. The number of thioether (sulfide) groups is 1. The maximum Gasteiger partial charge on any atom is 0.254 e. The van der Waals surface area contributed by atoms with Crippen LogP contribution in [-0.2, 0) is 0 Å². The molecule has 4 heteroatoms. The molecule has 2 bridgehead atoms. The lowest BCUT2D eigenvalue weighted by molar-refractivity contribution is 0.0747. The predicted molar refractivity (Wildman–Crippen MR) is 76.5 cm³/mol. The summed E-state index contributed by atoms with van der Waals surface area (Å²) in [6.07, 6.45) is 1.18. The molecule has 2 fully saturated rings. The zero-order valence-electron chi connectivity index (χ0n) is 10.8. The van der Waals surface area contributed by atoms with E-state index < -0.39 is 0 Å². The minimum Gasteiger partial charge on any atom is -0.378 e. The normalized spacial score (nSPS) is 25.6. The first kappa shape index (κ1) is 11.9. The second-order valence-electron chi connectivity index (χ2n) is 5.25. The molecule has 3 rings (SSSR count). The monoisotopic (exact) mass is 262 g/mol. The first-order valence-electron chi connectivity index (χ1n) is 6.35. The molecule has 0 N–H and O–H groups in total. The Morgan fingerprint density at radius 1 is 1.44 bits per heavy atom. The van der Waals surface area contributed by atoms with Gasteiger partial charge in [-0.2, -0.15) is 11.8 Å². The van der Waals surface area contributed by atoms with Crippen LogP contribution >= 0.6 is 11.8 Å². The highest BCUT2D eigenvalue weighted by atomic mass is 32.2. The Balaban J connectivity index is 1.82. The second-order valence-corrected chi connectivity index (χ2v) is 6.58. The fraction of sp³-hybridized carbons (Fsp3) is 0.500. The minimum atomic E-state index is 0.200. The van der Waals surface area contributed by atoms with Gasteiger partial charge in [-0.1, -0.05) is 6.07 Å². The van der Waals surface area contributed by atoms with Gasteiger partial charge >= 0.3 is 0 Å². The first-order valence-corrected chi connectivity index (χ1v) is 7.40. The maximum absolute atomic E-state index is 12.5. The number of carbonyl (C=O) groups is 1. The van der Waals surface area contributed by atoms with Crippen LogP contribution in [0.15, 0.2) is 24.3 Å². The summed E-state index contributed by atoms with van der Waals surface area (Å²) in [5, 5.41) is 0.677. The Morgan fingerprint density at radius 3 is 2.89 bits per heavy atom. The van der Waals surface area contributed by atoms with Crippen LogP contribution in [0.4, 0.5) is 5.69 Å². The Morgan fingerprint density at radius 2 is 2.28 bits per heavy atom. The molecule has 2 aliphatic rings. The van der Waals surface area contributed by atoms with Crippen LogP contribution in [0.2, 0.25) is 0 Å². The third-order valence-corrected chi connectivity index (χ3v) is 5.16. The van der Waals surface area contributed by atoms with Gasteiger partial charge in [-0.05, 0) is 24.6 Å². The van der Waals surface area contributed by atoms with Crippen molar-refractivity contribution >= 4 is 23.4 Å². The average molecular weight is 262 g/mol. The van der Waals surface area contributed by atoms with E-state index >= 15 is 0 Å². The van der Waals surface area contributed by atoms with Gasteiger partial charge in [0.1, 0.15) is 0 Å². The molecule has 0 saturated carbocycles. The summed E-state index contributed by atoms with van der Waals surface area (Å²) in [4.78, 5) is 16.6. The van der Waals surface area contributed by atoms with E-state index in [1.54, 1.807) is 0 Å². The van der Waals surface area contributed by atoms with Crippen molar-refractivity contribution < 1.29 is 4.79 Å². The highest BCUT2D eigenvalue weighted by Gasteiger charge is 2.41. The third kappa shape index (κ3) is 1.99. The van der Waals surface area contributed by atoms with Crippen LogP contribution in [0.3, 0.4) is 0 Å². The lowest BCUT2D eigenvalue weighted by atomic mass is 10.1. The number of likely N-dealkylation sites (tertiary alicyclic amines) is 1. The van der Waals surface area contributed by atoms with Crippen molar-refractivity contribution in [2.75, 3.05) is 31.3 Å². The molecule has 2 heterocycles. The van der Waals surface area contributed by atoms with E-state index in [4.69, 9.17) is 0 Å². The smallest absolute Gasteiger partial charge is 0.254 e. The molecule has 2 saturated heterocycles. The van der Waals surface area contributed by atoms with Gasteiger partial charge in [0.05, 0.1) is 0 Å². The molecule has 1 aromatic rings. The number of hydrogen-bond acceptors (Lipinski definition) is 3. The van der Waals surface area contributed by atoms with Gasteiger partial charge in [-0.15, -0.1) is 0 Å². The fourth-order valence-corrected chi connectivity index (χ4v) is 4.17. The van der Waals surface area contributed by atoms with Crippen molar-refractivity contribution in [1.29, 1.82) is 0 Å². The van der Waals surface area contributed by atoms with Crippen LogP contribution in [-0.4, -0.2) is 48.5 Å². The first-order chi connectivity index (χ1) is 8.65. The summed E-state index contributed by atoms with van der Waals surface area (Å²) in [7, 11) is 4.00. The van der Waals surface area contributed by atoms with Crippen molar-refractivity contribution in [2.24, 2.45) is 0 Å². The van der Waals surface area contributed by atoms with Gasteiger partial charge in [-0.3, -0.25) is 4.79 Å². The highest BCUT2D eigenvalue weighted by molar-refractivity contribution is 8.00. The summed E-state index contributed by atoms with van der Waals surface area (Å²) >= 11 is 2.01. The molecule has 0 spiro atoms. The molecular weight excluding hydrogens is 244 g/mol. The molecule has 96 valence electrons. The summed E-state index contributed by atoms with van der Waals surface area (Å²) < 4.78 is 0. The lowest BCUT2D eigenvalue weighted by Gasteiger charge is -2.27. The average Bonchev–Trinajstić information content (AvgIpc) is 3.00. The van der Waals surface area contributed by atoms with E-state index in [2.05, 4.69) is 4.90 Å². The van der Waals surface area contributed by atoms with Crippen LogP contribution in [0.25, 0.3) is 0 Å². The fourth-order valence-electron chi connectivity index (χ4n) is 2.73. The van der Waals surface area contributed by atoms with Crippen molar-refractivity contribution in [2.45, 2.75) is 17.7 Å². The molecule has 0 aromatic heterocycles. The van der Waals surface area contributed by atoms with Crippen LogP contribution < -0.4 is 4.90 Å². The standard InChI is InChI=1S/C14H18N2OS/c1-15(2)11-5-3-4-10(6-11)14(17)16-8-13-7-12(16)9-18-13/h3-6,12-13H,7-9H2,1-2H3.